The van der Waals surface area contributed by atoms with Crippen molar-refractivity contribution in [2.45, 2.75) is 12.5 Å². The first-order chi connectivity index (χ1) is 12.3. The van der Waals surface area contributed by atoms with Gasteiger partial charge in [-0.3, -0.25) is 4.79 Å². The maximum Gasteiger partial charge on any atom is 0.166 e. The second kappa shape index (κ2) is 6.54. The monoisotopic (exact) mass is 329 g/mol. The highest BCUT2D eigenvalue weighted by atomic mass is 16.5. The number of nitrogens with one attached hydrogen (secondary N) is 1. The van der Waals surface area contributed by atoms with Gasteiger partial charge in [0.1, 0.15) is 0 Å². The van der Waals surface area contributed by atoms with Crippen molar-refractivity contribution in [3.05, 3.63) is 83.9 Å². The first kappa shape index (κ1) is 15.6. The van der Waals surface area contributed by atoms with E-state index in [1.54, 1.807) is 7.11 Å². The van der Waals surface area contributed by atoms with Gasteiger partial charge in [-0.1, -0.05) is 42.5 Å². The van der Waals surface area contributed by atoms with Crippen LogP contribution in [0.2, 0.25) is 0 Å². The number of carbonyl (C=O) groups is 1. The van der Waals surface area contributed by atoms with Gasteiger partial charge in [0.05, 0.1) is 6.10 Å². The second-order valence-corrected chi connectivity index (χ2v) is 6.19. The summed E-state index contributed by atoms with van der Waals surface area (Å²) in [5, 5.41) is 3.40. The lowest BCUT2D eigenvalue weighted by molar-refractivity contribution is 0.0739. The van der Waals surface area contributed by atoms with Gasteiger partial charge in [-0.15, -0.1) is 0 Å². The van der Waals surface area contributed by atoms with E-state index >= 15 is 0 Å². The van der Waals surface area contributed by atoms with Crippen LogP contribution in [0.25, 0.3) is 11.1 Å². The normalized spacial score (nSPS) is 15.9. The number of carbonyl (C=O) groups excluding carboxylic acids is 1. The van der Waals surface area contributed by atoms with Gasteiger partial charge < -0.3 is 10.1 Å². The van der Waals surface area contributed by atoms with E-state index < -0.39 is 0 Å². The van der Waals surface area contributed by atoms with Gasteiger partial charge in [0.15, 0.2) is 5.78 Å². The summed E-state index contributed by atoms with van der Waals surface area (Å²) in [6, 6.07) is 24.0. The fourth-order valence-corrected chi connectivity index (χ4v) is 3.40. The molecule has 1 unspecified atom stereocenters. The minimum absolute atomic E-state index is 0.115. The number of fused-ring (bicyclic) bond motifs is 3. The molecule has 0 aromatic heterocycles. The fraction of sp³-hybridized carbons (Fsp3) is 0.136. The summed E-state index contributed by atoms with van der Waals surface area (Å²) >= 11 is 0. The van der Waals surface area contributed by atoms with Gasteiger partial charge in [-0.25, -0.2) is 0 Å². The van der Waals surface area contributed by atoms with E-state index in [1.807, 2.05) is 60.7 Å². The molecule has 0 bridgehead atoms. The van der Waals surface area contributed by atoms with Crippen molar-refractivity contribution in [2.24, 2.45) is 0 Å². The van der Waals surface area contributed by atoms with E-state index in [0.717, 1.165) is 33.6 Å². The summed E-state index contributed by atoms with van der Waals surface area (Å²) in [7, 11) is 1.66. The molecule has 3 aromatic carbocycles. The van der Waals surface area contributed by atoms with E-state index in [1.165, 1.54) is 0 Å². The lowest BCUT2D eigenvalue weighted by atomic mass is 9.95. The number of anilines is 2. The van der Waals surface area contributed by atoms with E-state index in [2.05, 4.69) is 17.4 Å². The SMILES string of the molecule is COC1CC(=O)c2ccc(Nc3ccccc3)cc2-c2ccccc21. The zero-order chi connectivity index (χ0) is 17.2. The third-order valence-electron chi connectivity index (χ3n) is 4.64. The second-order valence-electron chi connectivity index (χ2n) is 6.19. The predicted octanol–water partition coefficient (Wildman–Crippen LogP) is 5.37. The summed E-state index contributed by atoms with van der Waals surface area (Å²) < 4.78 is 5.59. The molecule has 0 amide bonds. The van der Waals surface area contributed by atoms with E-state index in [-0.39, 0.29) is 11.9 Å². The minimum Gasteiger partial charge on any atom is -0.376 e. The van der Waals surface area contributed by atoms with Gasteiger partial charge in [0, 0.05) is 30.5 Å². The van der Waals surface area contributed by atoms with Crippen molar-refractivity contribution in [2.75, 3.05) is 12.4 Å². The molecule has 4 rings (SSSR count). The van der Waals surface area contributed by atoms with Crippen molar-refractivity contribution in [1.29, 1.82) is 0 Å². The molecule has 25 heavy (non-hydrogen) atoms. The highest BCUT2D eigenvalue weighted by molar-refractivity contribution is 6.05. The molecular weight excluding hydrogens is 310 g/mol. The van der Waals surface area contributed by atoms with Crippen molar-refractivity contribution in [1.82, 2.24) is 0 Å². The van der Waals surface area contributed by atoms with E-state index in [0.29, 0.717) is 6.42 Å². The number of Topliss-reactive ketones (excluding diaryl/α,β-unsaturated/α-hetero) is 1. The number of ether oxygens (including phenoxy) is 1. The first-order valence-corrected chi connectivity index (χ1v) is 8.37. The number of rotatable bonds is 3. The third-order valence-corrected chi connectivity index (χ3v) is 4.64. The zero-order valence-electron chi connectivity index (χ0n) is 14.0. The van der Waals surface area contributed by atoms with Crippen LogP contribution in [0.4, 0.5) is 11.4 Å². The fourth-order valence-electron chi connectivity index (χ4n) is 3.40. The Morgan fingerprint density at radius 3 is 2.40 bits per heavy atom. The quantitative estimate of drug-likeness (QED) is 0.702. The van der Waals surface area contributed by atoms with Crippen molar-refractivity contribution >= 4 is 17.2 Å². The van der Waals surface area contributed by atoms with Crippen molar-refractivity contribution in [3.63, 3.8) is 0 Å². The average molecular weight is 329 g/mol. The largest absolute Gasteiger partial charge is 0.376 e. The number of ketones is 1. The molecule has 3 heteroatoms. The Kier molecular flexibility index (Phi) is 4.08. The maximum atomic E-state index is 12.7. The Morgan fingerprint density at radius 1 is 0.840 bits per heavy atom. The van der Waals surface area contributed by atoms with Gasteiger partial charge in [0.25, 0.3) is 0 Å². The highest BCUT2D eigenvalue weighted by Gasteiger charge is 2.27. The first-order valence-electron chi connectivity index (χ1n) is 8.37. The molecule has 1 aliphatic rings. The molecule has 1 N–H and O–H groups in total. The van der Waals surface area contributed by atoms with Crippen LogP contribution in [0.5, 0.6) is 0 Å². The Labute approximate surface area is 147 Å². The summed E-state index contributed by atoms with van der Waals surface area (Å²) in [5.41, 5.74) is 5.82. The van der Waals surface area contributed by atoms with Gasteiger partial charge in [-0.2, -0.15) is 0 Å². The van der Waals surface area contributed by atoms with Gasteiger partial charge >= 0.3 is 0 Å². The Bertz CT molecular complexity index is 918. The molecule has 0 heterocycles. The predicted molar refractivity (Wildman–Crippen MR) is 100 cm³/mol. The van der Waals surface area contributed by atoms with Crippen molar-refractivity contribution < 1.29 is 9.53 Å². The van der Waals surface area contributed by atoms with Crippen LogP contribution in [0.1, 0.15) is 28.4 Å². The lowest BCUT2D eigenvalue weighted by Crippen LogP contribution is -2.07. The number of hydrogen-bond donors (Lipinski definition) is 1. The number of hydrogen-bond acceptors (Lipinski definition) is 3. The summed E-state index contributed by atoms with van der Waals surface area (Å²) in [4.78, 5) is 12.7. The molecule has 0 saturated carbocycles. The smallest absolute Gasteiger partial charge is 0.166 e. The third kappa shape index (κ3) is 2.94. The van der Waals surface area contributed by atoms with Gasteiger partial charge in [-0.05, 0) is 47.0 Å². The highest BCUT2D eigenvalue weighted by Crippen LogP contribution is 2.39. The maximum absolute atomic E-state index is 12.7. The molecule has 124 valence electrons. The molecule has 1 atom stereocenters. The summed E-state index contributed by atoms with van der Waals surface area (Å²) in [6.07, 6.45) is 0.160. The lowest BCUT2D eigenvalue weighted by Gasteiger charge is -2.15. The Balaban J connectivity index is 1.83. The molecule has 3 aromatic rings. The molecular formula is C22H19NO2. The van der Waals surface area contributed by atoms with Crippen LogP contribution in [0.3, 0.4) is 0 Å². The van der Waals surface area contributed by atoms with Crippen LogP contribution < -0.4 is 5.32 Å². The topological polar surface area (TPSA) is 38.3 Å². The van der Waals surface area contributed by atoms with E-state index in [4.69, 9.17) is 4.74 Å². The number of methoxy groups -OCH3 is 1. The summed E-state index contributed by atoms with van der Waals surface area (Å²) in [5.74, 6) is 0.115. The van der Waals surface area contributed by atoms with Gasteiger partial charge in [0.2, 0.25) is 0 Å². The van der Waals surface area contributed by atoms with E-state index in [9.17, 15) is 4.79 Å². The minimum atomic E-state index is -0.207. The standard InChI is InChI=1S/C22H19NO2/c1-25-22-14-21(24)18-12-11-16(23-15-7-3-2-4-8-15)13-20(18)17-9-5-6-10-19(17)22/h2-13,22-23H,14H2,1H3. The molecule has 0 fully saturated rings. The van der Waals surface area contributed by atoms with Crippen LogP contribution >= 0.6 is 0 Å². The van der Waals surface area contributed by atoms with Crippen molar-refractivity contribution in [3.8, 4) is 11.1 Å². The molecule has 1 aliphatic carbocycles. The molecule has 0 saturated heterocycles. The molecule has 3 nitrogen and oxygen atoms in total. The van der Waals surface area contributed by atoms with Crippen LogP contribution in [0.15, 0.2) is 72.8 Å². The average Bonchev–Trinajstić information content (AvgIpc) is 2.78. The zero-order valence-corrected chi connectivity index (χ0v) is 14.0. The molecule has 0 radical (unpaired) electrons. The Morgan fingerprint density at radius 2 is 1.60 bits per heavy atom. The Hall–Kier alpha value is -2.91. The molecule has 0 spiro atoms. The summed E-state index contributed by atoms with van der Waals surface area (Å²) in [6.45, 7) is 0. The van der Waals surface area contributed by atoms with Crippen LogP contribution in [-0.2, 0) is 4.74 Å². The van der Waals surface area contributed by atoms with Crippen LogP contribution in [0, 0.1) is 0 Å². The van der Waals surface area contributed by atoms with Crippen LogP contribution in [-0.4, -0.2) is 12.9 Å². The number of para-hydroxylation sites is 1. The number of benzene rings is 3. The molecule has 0 aliphatic heterocycles.